The van der Waals surface area contributed by atoms with Gasteiger partial charge in [0, 0.05) is 25.7 Å². The molecular formula is C25H31N7O4. The largest absolute Gasteiger partial charge is 0.352 e. The molecule has 11 heteroatoms. The van der Waals surface area contributed by atoms with Crippen LogP contribution in [0.3, 0.4) is 0 Å². The number of benzene rings is 1. The lowest BCUT2D eigenvalue weighted by Crippen LogP contribution is -2.48. The second-order valence-corrected chi connectivity index (χ2v) is 9.47. The van der Waals surface area contributed by atoms with Crippen LogP contribution in [0.1, 0.15) is 55.3 Å². The topological polar surface area (TPSA) is 119 Å². The molecule has 2 saturated heterocycles. The minimum Gasteiger partial charge on any atom is -0.334 e. The van der Waals surface area contributed by atoms with Crippen LogP contribution >= 0.6 is 0 Å². The van der Waals surface area contributed by atoms with Crippen molar-refractivity contribution in [1.82, 2.24) is 34.3 Å². The summed E-state index contributed by atoms with van der Waals surface area (Å²) in [4.78, 5) is 47.4. The van der Waals surface area contributed by atoms with Crippen LogP contribution in [0.4, 0.5) is 0 Å². The van der Waals surface area contributed by atoms with Gasteiger partial charge in [-0.25, -0.2) is 4.79 Å². The number of piperidine rings is 2. The van der Waals surface area contributed by atoms with Crippen molar-refractivity contribution in [3.8, 4) is 17.2 Å². The summed E-state index contributed by atoms with van der Waals surface area (Å²) >= 11 is 0. The maximum absolute atomic E-state index is 13.1. The third kappa shape index (κ3) is 4.62. The second-order valence-electron chi connectivity index (χ2n) is 9.47. The number of carbonyl (C=O) groups excluding carboxylic acids is 1. The summed E-state index contributed by atoms with van der Waals surface area (Å²) < 4.78 is 7.46. The smallest absolute Gasteiger partial charge is 0.334 e. The average molecular weight is 494 g/mol. The molecule has 2 aliphatic heterocycles. The Labute approximate surface area is 208 Å². The molecule has 0 radical (unpaired) electrons. The van der Waals surface area contributed by atoms with E-state index in [1.807, 2.05) is 19.1 Å². The first kappa shape index (κ1) is 24.1. The Morgan fingerprint density at radius 3 is 2.39 bits per heavy atom. The molecular weight excluding hydrogens is 462 g/mol. The zero-order valence-electron chi connectivity index (χ0n) is 20.7. The lowest BCUT2D eigenvalue weighted by Gasteiger charge is -2.39. The highest BCUT2D eigenvalue weighted by atomic mass is 16.5. The maximum atomic E-state index is 13.1. The molecule has 2 aliphatic rings. The van der Waals surface area contributed by atoms with Gasteiger partial charge in [-0.1, -0.05) is 29.3 Å². The highest BCUT2D eigenvalue weighted by molar-refractivity contribution is 5.90. The van der Waals surface area contributed by atoms with Crippen LogP contribution < -0.4 is 11.2 Å². The van der Waals surface area contributed by atoms with Crippen LogP contribution in [0, 0.1) is 6.92 Å². The standard InChI is InChI=1S/C25H31N7O4/c1-3-31-23(33)20(27-32(25(31)35)19-9-7-17(2)8-10-19)21-26-22(36-28-21)24(34)30-15-11-18(12-16-30)29-13-5-4-6-14-29/h7-10,18H,3-6,11-16H2,1-2H3. The lowest BCUT2D eigenvalue weighted by molar-refractivity contribution is 0.0547. The fraction of sp³-hybridized carbons (Fsp3) is 0.520. The molecule has 1 amide bonds. The molecule has 0 saturated carbocycles. The van der Waals surface area contributed by atoms with Gasteiger partial charge in [0.15, 0.2) is 5.69 Å². The lowest BCUT2D eigenvalue weighted by atomic mass is 10.00. The van der Waals surface area contributed by atoms with Crippen LogP contribution in [-0.2, 0) is 6.54 Å². The van der Waals surface area contributed by atoms with Gasteiger partial charge >= 0.3 is 17.5 Å². The fourth-order valence-corrected chi connectivity index (χ4v) is 5.05. The van der Waals surface area contributed by atoms with Gasteiger partial charge in [0.2, 0.25) is 5.82 Å². The summed E-state index contributed by atoms with van der Waals surface area (Å²) in [6.45, 7) is 7.30. The van der Waals surface area contributed by atoms with E-state index in [4.69, 9.17) is 4.52 Å². The summed E-state index contributed by atoms with van der Waals surface area (Å²) in [6, 6.07) is 7.70. The van der Waals surface area contributed by atoms with Crippen molar-refractivity contribution in [2.75, 3.05) is 26.2 Å². The predicted octanol–water partition coefficient (Wildman–Crippen LogP) is 1.86. The Morgan fingerprint density at radius 1 is 1.03 bits per heavy atom. The summed E-state index contributed by atoms with van der Waals surface area (Å²) in [5, 5.41) is 8.13. The number of rotatable bonds is 5. The van der Waals surface area contributed by atoms with Gasteiger partial charge in [0.05, 0.1) is 5.69 Å². The van der Waals surface area contributed by atoms with Crippen molar-refractivity contribution in [3.63, 3.8) is 0 Å². The number of likely N-dealkylation sites (tertiary alicyclic amines) is 2. The average Bonchev–Trinajstić information content (AvgIpc) is 3.40. The highest BCUT2D eigenvalue weighted by Crippen LogP contribution is 2.22. The van der Waals surface area contributed by atoms with E-state index in [0.29, 0.717) is 24.8 Å². The number of amides is 1. The van der Waals surface area contributed by atoms with Gasteiger partial charge in [-0.2, -0.15) is 14.8 Å². The van der Waals surface area contributed by atoms with Crippen LogP contribution in [0.5, 0.6) is 0 Å². The number of nitrogens with zero attached hydrogens (tertiary/aromatic N) is 7. The molecule has 0 unspecified atom stereocenters. The second kappa shape index (κ2) is 10.2. The zero-order valence-corrected chi connectivity index (χ0v) is 20.7. The van der Waals surface area contributed by atoms with Crippen molar-refractivity contribution in [2.24, 2.45) is 0 Å². The SMILES string of the molecule is CCn1c(=O)c(-c2noc(C(=O)N3CCC(N4CCCCC4)CC3)n2)nn(-c2ccc(C)cc2)c1=O. The summed E-state index contributed by atoms with van der Waals surface area (Å²) in [5.74, 6) is -0.651. The maximum Gasteiger partial charge on any atom is 0.352 e. The minimum atomic E-state index is -0.631. The van der Waals surface area contributed by atoms with Gasteiger partial charge in [0.1, 0.15) is 0 Å². The van der Waals surface area contributed by atoms with Crippen molar-refractivity contribution >= 4 is 5.91 Å². The first-order valence-electron chi connectivity index (χ1n) is 12.6. The van der Waals surface area contributed by atoms with Crippen LogP contribution in [0.25, 0.3) is 17.2 Å². The normalized spacial score (nSPS) is 17.4. The molecule has 5 rings (SSSR count). The Kier molecular flexibility index (Phi) is 6.82. The van der Waals surface area contributed by atoms with Crippen molar-refractivity contribution in [1.29, 1.82) is 0 Å². The van der Waals surface area contributed by atoms with Crippen molar-refractivity contribution < 1.29 is 9.32 Å². The highest BCUT2D eigenvalue weighted by Gasteiger charge is 2.31. The van der Waals surface area contributed by atoms with E-state index in [1.165, 1.54) is 19.3 Å². The van der Waals surface area contributed by atoms with E-state index in [9.17, 15) is 14.4 Å². The number of carbonyl (C=O) groups is 1. The van der Waals surface area contributed by atoms with Gasteiger partial charge in [-0.3, -0.25) is 14.2 Å². The Morgan fingerprint density at radius 2 is 1.72 bits per heavy atom. The third-order valence-corrected chi connectivity index (χ3v) is 7.13. The van der Waals surface area contributed by atoms with E-state index in [-0.39, 0.29) is 29.9 Å². The Bertz CT molecular complexity index is 1340. The third-order valence-electron chi connectivity index (χ3n) is 7.13. The number of hydrogen-bond donors (Lipinski definition) is 0. The summed E-state index contributed by atoms with van der Waals surface area (Å²) in [5.41, 5.74) is 0.186. The van der Waals surface area contributed by atoms with E-state index < -0.39 is 11.2 Å². The molecule has 4 heterocycles. The Balaban J connectivity index is 1.38. The molecule has 1 aromatic carbocycles. The van der Waals surface area contributed by atoms with E-state index >= 15 is 0 Å². The summed E-state index contributed by atoms with van der Waals surface area (Å²) in [7, 11) is 0. The van der Waals surface area contributed by atoms with Crippen LogP contribution in [0.2, 0.25) is 0 Å². The molecule has 2 aromatic heterocycles. The van der Waals surface area contributed by atoms with Crippen LogP contribution in [0.15, 0.2) is 38.4 Å². The fourth-order valence-electron chi connectivity index (χ4n) is 5.05. The number of hydrogen-bond acceptors (Lipinski definition) is 8. The summed E-state index contributed by atoms with van der Waals surface area (Å²) in [6.07, 6.45) is 5.62. The van der Waals surface area contributed by atoms with Crippen LogP contribution in [-0.4, -0.2) is 72.4 Å². The molecule has 190 valence electrons. The van der Waals surface area contributed by atoms with E-state index in [2.05, 4.69) is 20.1 Å². The van der Waals surface area contributed by atoms with E-state index in [1.54, 1.807) is 24.0 Å². The van der Waals surface area contributed by atoms with E-state index in [0.717, 1.165) is 40.7 Å². The van der Waals surface area contributed by atoms with Gasteiger partial charge in [-0.05, 0) is 64.8 Å². The molecule has 11 nitrogen and oxygen atoms in total. The molecule has 0 spiro atoms. The number of aromatic nitrogens is 5. The molecule has 0 aliphatic carbocycles. The molecule has 0 atom stereocenters. The minimum absolute atomic E-state index is 0.116. The number of aryl methyl sites for hydroxylation is 1. The van der Waals surface area contributed by atoms with Gasteiger partial charge in [-0.15, -0.1) is 0 Å². The predicted molar refractivity (Wildman–Crippen MR) is 132 cm³/mol. The van der Waals surface area contributed by atoms with Gasteiger partial charge < -0.3 is 14.3 Å². The van der Waals surface area contributed by atoms with Gasteiger partial charge in [0.25, 0.3) is 5.56 Å². The molecule has 0 bridgehead atoms. The first-order valence-corrected chi connectivity index (χ1v) is 12.6. The molecule has 0 N–H and O–H groups in total. The quantitative estimate of drug-likeness (QED) is 0.528. The molecule has 3 aromatic rings. The monoisotopic (exact) mass is 493 g/mol. The van der Waals surface area contributed by atoms with Crippen molar-refractivity contribution in [2.45, 2.75) is 58.5 Å². The Hall–Kier alpha value is -3.60. The van der Waals surface area contributed by atoms with Crippen molar-refractivity contribution in [3.05, 3.63) is 56.6 Å². The molecule has 36 heavy (non-hydrogen) atoms. The molecule has 2 fully saturated rings. The first-order chi connectivity index (χ1) is 17.5. The zero-order chi connectivity index (χ0) is 25.2.